The molecule has 23 heavy (non-hydrogen) atoms. The second-order valence-corrected chi connectivity index (χ2v) is 6.79. The monoisotopic (exact) mass is 348 g/mol. The number of nitrogens with one attached hydrogen (secondary N) is 1. The molecule has 122 valence electrons. The molecular formula is C18H21FN2S2. The number of halogens is 1. The van der Waals surface area contributed by atoms with Crippen molar-refractivity contribution in [2.45, 2.75) is 17.9 Å². The third-order valence-corrected chi connectivity index (χ3v) is 5.09. The van der Waals surface area contributed by atoms with Crippen molar-refractivity contribution < 1.29 is 4.39 Å². The SMILES string of the molecule is CC(c1ccc(F)cc1)N(C)C(=S)NCCSc1ccccc1. The van der Waals surface area contributed by atoms with Crippen molar-refractivity contribution in [2.24, 2.45) is 0 Å². The summed E-state index contributed by atoms with van der Waals surface area (Å²) < 4.78 is 13.0. The Morgan fingerprint density at radius 3 is 2.48 bits per heavy atom. The number of hydrogen-bond acceptors (Lipinski definition) is 2. The van der Waals surface area contributed by atoms with Gasteiger partial charge in [-0.25, -0.2) is 4.39 Å². The molecule has 0 radical (unpaired) electrons. The van der Waals surface area contributed by atoms with Crippen molar-refractivity contribution in [3.05, 3.63) is 66.0 Å². The summed E-state index contributed by atoms with van der Waals surface area (Å²) in [5.41, 5.74) is 1.04. The van der Waals surface area contributed by atoms with Crippen molar-refractivity contribution in [3.63, 3.8) is 0 Å². The van der Waals surface area contributed by atoms with Gasteiger partial charge in [0.25, 0.3) is 0 Å². The van der Waals surface area contributed by atoms with Gasteiger partial charge < -0.3 is 10.2 Å². The molecule has 2 rings (SSSR count). The summed E-state index contributed by atoms with van der Waals surface area (Å²) in [5, 5.41) is 3.98. The van der Waals surface area contributed by atoms with Crippen LogP contribution in [0.4, 0.5) is 4.39 Å². The van der Waals surface area contributed by atoms with Gasteiger partial charge in [-0.2, -0.15) is 0 Å². The zero-order chi connectivity index (χ0) is 16.7. The predicted octanol–water partition coefficient (Wildman–Crippen LogP) is 4.49. The minimum atomic E-state index is -0.220. The molecule has 0 aliphatic carbocycles. The molecule has 2 aromatic carbocycles. The molecule has 0 spiro atoms. The van der Waals surface area contributed by atoms with Gasteiger partial charge in [0.2, 0.25) is 0 Å². The number of benzene rings is 2. The van der Waals surface area contributed by atoms with Crippen LogP contribution in [0.25, 0.3) is 0 Å². The molecule has 1 N–H and O–H groups in total. The van der Waals surface area contributed by atoms with E-state index in [1.54, 1.807) is 23.9 Å². The molecule has 2 aromatic rings. The van der Waals surface area contributed by atoms with E-state index < -0.39 is 0 Å². The van der Waals surface area contributed by atoms with E-state index in [0.717, 1.165) is 17.9 Å². The summed E-state index contributed by atoms with van der Waals surface area (Å²) >= 11 is 7.24. The molecule has 0 aliphatic heterocycles. The predicted molar refractivity (Wildman–Crippen MR) is 100 cm³/mol. The molecule has 0 aromatic heterocycles. The Balaban J connectivity index is 1.77. The molecule has 1 atom stereocenters. The van der Waals surface area contributed by atoms with E-state index in [0.29, 0.717) is 5.11 Å². The average molecular weight is 349 g/mol. The maximum Gasteiger partial charge on any atom is 0.169 e. The van der Waals surface area contributed by atoms with Gasteiger partial charge >= 0.3 is 0 Å². The first-order chi connectivity index (χ1) is 11.1. The molecule has 2 nitrogen and oxygen atoms in total. The number of thiocarbonyl (C=S) groups is 1. The Kier molecular flexibility index (Phi) is 6.86. The van der Waals surface area contributed by atoms with Gasteiger partial charge in [-0.3, -0.25) is 0 Å². The van der Waals surface area contributed by atoms with Gasteiger partial charge in [-0.1, -0.05) is 30.3 Å². The highest BCUT2D eigenvalue weighted by Crippen LogP contribution is 2.19. The minimum absolute atomic E-state index is 0.0948. The first kappa shape index (κ1) is 17.8. The van der Waals surface area contributed by atoms with Crippen molar-refractivity contribution >= 4 is 29.1 Å². The van der Waals surface area contributed by atoms with Gasteiger partial charge in [0.15, 0.2) is 5.11 Å². The Bertz CT molecular complexity index is 617. The van der Waals surface area contributed by atoms with E-state index in [4.69, 9.17) is 12.2 Å². The second-order valence-electron chi connectivity index (χ2n) is 5.23. The van der Waals surface area contributed by atoms with Crippen LogP contribution in [-0.2, 0) is 0 Å². The standard InChI is InChI=1S/C18H21FN2S2/c1-14(15-8-10-16(19)11-9-15)21(2)18(22)20-12-13-23-17-6-4-3-5-7-17/h3-11,14H,12-13H2,1-2H3,(H,20,22). The zero-order valence-corrected chi connectivity index (χ0v) is 15.0. The first-order valence-electron chi connectivity index (χ1n) is 7.52. The average Bonchev–Trinajstić information content (AvgIpc) is 2.59. The molecular weight excluding hydrogens is 327 g/mol. The van der Waals surface area contributed by atoms with E-state index >= 15 is 0 Å². The highest BCUT2D eigenvalue weighted by molar-refractivity contribution is 7.99. The summed E-state index contributed by atoms with van der Waals surface area (Å²) in [5.74, 6) is 0.727. The fraction of sp³-hybridized carbons (Fsp3) is 0.278. The van der Waals surface area contributed by atoms with Gasteiger partial charge in [0, 0.05) is 24.2 Å². The molecule has 0 aliphatic rings. The maximum absolute atomic E-state index is 13.0. The number of hydrogen-bond donors (Lipinski definition) is 1. The zero-order valence-electron chi connectivity index (χ0n) is 13.3. The van der Waals surface area contributed by atoms with E-state index in [2.05, 4.69) is 24.4 Å². The molecule has 0 saturated heterocycles. The fourth-order valence-corrected chi connectivity index (χ4v) is 3.16. The van der Waals surface area contributed by atoms with Crippen LogP contribution in [0.15, 0.2) is 59.5 Å². The van der Waals surface area contributed by atoms with Crippen LogP contribution < -0.4 is 5.32 Å². The van der Waals surface area contributed by atoms with Gasteiger partial charge in [-0.15, -0.1) is 11.8 Å². The molecule has 0 saturated carbocycles. The maximum atomic E-state index is 13.0. The summed E-state index contributed by atoms with van der Waals surface area (Å²) in [7, 11) is 1.95. The highest BCUT2D eigenvalue weighted by Gasteiger charge is 2.14. The molecule has 0 heterocycles. The Morgan fingerprint density at radius 2 is 1.83 bits per heavy atom. The van der Waals surface area contributed by atoms with Crippen LogP contribution in [0.2, 0.25) is 0 Å². The lowest BCUT2D eigenvalue weighted by Crippen LogP contribution is -2.39. The van der Waals surface area contributed by atoms with Crippen LogP contribution in [0, 0.1) is 5.82 Å². The highest BCUT2D eigenvalue weighted by atomic mass is 32.2. The summed E-state index contributed by atoms with van der Waals surface area (Å²) in [6.07, 6.45) is 0. The van der Waals surface area contributed by atoms with Gasteiger partial charge in [0.1, 0.15) is 5.82 Å². The summed E-state index contributed by atoms with van der Waals surface area (Å²) in [6.45, 7) is 2.86. The molecule has 5 heteroatoms. The van der Waals surface area contributed by atoms with E-state index in [1.807, 2.05) is 30.1 Å². The normalized spacial score (nSPS) is 11.8. The van der Waals surface area contributed by atoms with E-state index in [-0.39, 0.29) is 11.9 Å². The fourth-order valence-electron chi connectivity index (χ4n) is 2.11. The molecule has 0 bridgehead atoms. The Morgan fingerprint density at radius 1 is 1.17 bits per heavy atom. The number of rotatable bonds is 6. The van der Waals surface area contributed by atoms with Crippen molar-refractivity contribution in [1.82, 2.24) is 10.2 Å². The van der Waals surface area contributed by atoms with Crippen LogP contribution in [-0.4, -0.2) is 29.4 Å². The van der Waals surface area contributed by atoms with Crippen LogP contribution in [0.5, 0.6) is 0 Å². The Labute approximate surface area is 147 Å². The van der Waals surface area contributed by atoms with E-state index in [1.165, 1.54) is 17.0 Å². The second kappa shape index (κ2) is 8.89. The van der Waals surface area contributed by atoms with Crippen molar-refractivity contribution in [1.29, 1.82) is 0 Å². The third kappa shape index (κ3) is 5.52. The van der Waals surface area contributed by atoms with E-state index in [9.17, 15) is 4.39 Å². The molecule has 0 amide bonds. The smallest absolute Gasteiger partial charge is 0.169 e. The molecule has 1 unspecified atom stereocenters. The summed E-state index contributed by atoms with van der Waals surface area (Å²) in [4.78, 5) is 3.25. The minimum Gasteiger partial charge on any atom is -0.362 e. The summed E-state index contributed by atoms with van der Waals surface area (Å²) in [6, 6.07) is 16.9. The first-order valence-corrected chi connectivity index (χ1v) is 8.91. The largest absolute Gasteiger partial charge is 0.362 e. The van der Waals surface area contributed by atoms with Crippen LogP contribution >= 0.6 is 24.0 Å². The third-order valence-electron chi connectivity index (χ3n) is 3.64. The number of nitrogens with zero attached hydrogens (tertiary/aromatic N) is 1. The molecule has 0 fully saturated rings. The lowest BCUT2D eigenvalue weighted by molar-refractivity contribution is 0.396. The van der Waals surface area contributed by atoms with Crippen molar-refractivity contribution in [3.8, 4) is 0 Å². The topological polar surface area (TPSA) is 15.3 Å². The quantitative estimate of drug-likeness (QED) is 0.470. The van der Waals surface area contributed by atoms with Gasteiger partial charge in [0.05, 0.1) is 6.04 Å². The lowest BCUT2D eigenvalue weighted by Gasteiger charge is -2.28. The number of thioether (sulfide) groups is 1. The van der Waals surface area contributed by atoms with Crippen LogP contribution in [0.3, 0.4) is 0 Å². The van der Waals surface area contributed by atoms with Crippen molar-refractivity contribution in [2.75, 3.05) is 19.3 Å². The van der Waals surface area contributed by atoms with Gasteiger partial charge in [-0.05, 0) is 49.0 Å². The van der Waals surface area contributed by atoms with Crippen LogP contribution in [0.1, 0.15) is 18.5 Å². The lowest BCUT2D eigenvalue weighted by atomic mass is 10.1. The Hall–Kier alpha value is -1.59.